The molecular formula is C11H15N5O. The molecule has 2 aromatic rings. The van der Waals surface area contributed by atoms with Crippen molar-refractivity contribution in [3.63, 3.8) is 0 Å². The second-order valence-corrected chi connectivity index (χ2v) is 3.83. The van der Waals surface area contributed by atoms with Crippen molar-refractivity contribution in [1.82, 2.24) is 19.1 Å². The largest absolute Gasteiger partial charge is 0.382 e. The Balaban J connectivity index is 2.19. The molecule has 90 valence electrons. The predicted octanol–water partition coefficient (Wildman–Crippen LogP) is 0.480. The predicted molar refractivity (Wildman–Crippen MR) is 64.5 cm³/mol. The van der Waals surface area contributed by atoms with E-state index in [-0.39, 0.29) is 5.69 Å². The van der Waals surface area contributed by atoms with Crippen molar-refractivity contribution in [2.24, 2.45) is 0 Å². The van der Waals surface area contributed by atoms with Gasteiger partial charge in [0.05, 0.1) is 24.6 Å². The van der Waals surface area contributed by atoms with Crippen molar-refractivity contribution in [2.45, 2.75) is 26.4 Å². The first-order valence-corrected chi connectivity index (χ1v) is 5.52. The molecular weight excluding hydrogens is 218 g/mol. The van der Waals surface area contributed by atoms with Crippen LogP contribution in [0.2, 0.25) is 0 Å². The minimum Gasteiger partial charge on any atom is -0.382 e. The molecule has 2 aromatic heterocycles. The van der Waals surface area contributed by atoms with E-state index in [1.165, 1.54) is 6.20 Å². The zero-order valence-corrected chi connectivity index (χ0v) is 9.71. The lowest BCUT2D eigenvalue weighted by Crippen LogP contribution is -2.24. The first-order chi connectivity index (χ1) is 8.20. The SMILES string of the molecule is CCCn1ccn(Cc2cnc(N)cn2)c1=O. The smallest absolute Gasteiger partial charge is 0.328 e. The van der Waals surface area contributed by atoms with E-state index in [0.29, 0.717) is 12.4 Å². The van der Waals surface area contributed by atoms with E-state index in [1.807, 2.05) is 6.92 Å². The highest BCUT2D eigenvalue weighted by atomic mass is 16.1. The monoisotopic (exact) mass is 233 g/mol. The van der Waals surface area contributed by atoms with Gasteiger partial charge in [-0.25, -0.2) is 9.78 Å². The first-order valence-electron chi connectivity index (χ1n) is 5.52. The third-order valence-electron chi connectivity index (χ3n) is 2.44. The topological polar surface area (TPSA) is 78.7 Å². The first kappa shape index (κ1) is 11.4. The molecule has 6 nitrogen and oxygen atoms in total. The van der Waals surface area contributed by atoms with Crippen molar-refractivity contribution in [1.29, 1.82) is 0 Å². The Kier molecular flexibility index (Phi) is 3.22. The van der Waals surface area contributed by atoms with Crippen LogP contribution in [0.3, 0.4) is 0 Å². The maximum absolute atomic E-state index is 11.9. The fraction of sp³-hybridized carbons (Fsp3) is 0.364. The molecule has 0 amide bonds. The fourth-order valence-corrected chi connectivity index (χ4v) is 1.61. The normalized spacial score (nSPS) is 10.6. The molecule has 0 aliphatic rings. The number of nitrogen functional groups attached to an aromatic ring is 1. The lowest BCUT2D eigenvalue weighted by atomic mass is 10.4. The van der Waals surface area contributed by atoms with Gasteiger partial charge in [0.15, 0.2) is 0 Å². The van der Waals surface area contributed by atoms with E-state index in [9.17, 15) is 4.79 Å². The molecule has 2 heterocycles. The Labute approximate surface area is 98.7 Å². The van der Waals surface area contributed by atoms with E-state index in [0.717, 1.165) is 18.7 Å². The standard InChI is InChI=1S/C11H15N5O/c1-2-3-15-4-5-16(11(15)17)8-9-6-14-10(12)7-13-9/h4-7H,2-3,8H2,1H3,(H2,12,14). The molecule has 0 aromatic carbocycles. The summed E-state index contributed by atoms with van der Waals surface area (Å²) in [5, 5.41) is 0. The second-order valence-electron chi connectivity index (χ2n) is 3.83. The molecule has 0 fully saturated rings. The molecule has 0 aliphatic carbocycles. The van der Waals surface area contributed by atoms with Gasteiger partial charge in [0.1, 0.15) is 5.82 Å². The van der Waals surface area contributed by atoms with E-state index in [1.54, 1.807) is 27.7 Å². The molecule has 2 N–H and O–H groups in total. The van der Waals surface area contributed by atoms with Gasteiger partial charge in [-0.1, -0.05) is 6.92 Å². The number of aryl methyl sites for hydroxylation is 1. The summed E-state index contributed by atoms with van der Waals surface area (Å²) in [6.45, 7) is 3.19. The number of hydrogen-bond acceptors (Lipinski definition) is 4. The molecule has 2 rings (SSSR count). The third-order valence-corrected chi connectivity index (χ3v) is 2.44. The van der Waals surface area contributed by atoms with Crippen LogP contribution in [0.4, 0.5) is 5.82 Å². The molecule has 0 saturated heterocycles. The summed E-state index contributed by atoms with van der Waals surface area (Å²) < 4.78 is 3.29. The van der Waals surface area contributed by atoms with Gasteiger partial charge in [-0.05, 0) is 6.42 Å². The highest BCUT2D eigenvalue weighted by Crippen LogP contribution is 1.98. The maximum Gasteiger partial charge on any atom is 0.328 e. The Bertz CT molecular complexity index is 540. The van der Waals surface area contributed by atoms with Crippen molar-refractivity contribution < 1.29 is 0 Å². The van der Waals surface area contributed by atoms with Crippen molar-refractivity contribution in [2.75, 3.05) is 5.73 Å². The molecule has 0 saturated carbocycles. The van der Waals surface area contributed by atoms with E-state index in [4.69, 9.17) is 5.73 Å². The molecule has 0 bridgehead atoms. The molecule has 17 heavy (non-hydrogen) atoms. The number of nitrogens with two attached hydrogens (primary N) is 1. The maximum atomic E-state index is 11.9. The number of rotatable bonds is 4. The summed E-state index contributed by atoms with van der Waals surface area (Å²) in [7, 11) is 0. The molecule has 0 spiro atoms. The highest BCUT2D eigenvalue weighted by molar-refractivity contribution is 5.22. The van der Waals surface area contributed by atoms with Gasteiger partial charge in [0.2, 0.25) is 0 Å². The average Bonchev–Trinajstić information content (AvgIpc) is 2.65. The Morgan fingerprint density at radius 2 is 2.00 bits per heavy atom. The van der Waals surface area contributed by atoms with Crippen LogP contribution in [0.25, 0.3) is 0 Å². The van der Waals surface area contributed by atoms with E-state index in [2.05, 4.69) is 9.97 Å². The van der Waals surface area contributed by atoms with Gasteiger partial charge in [-0.15, -0.1) is 0 Å². The summed E-state index contributed by atoms with van der Waals surface area (Å²) in [6, 6.07) is 0. The summed E-state index contributed by atoms with van der Waals surface area (Å²) in [5.74, 6) is 0.379. The zero-order chi connectivity index (χ0) is 12.3. The number of imidazole rings is 1. The second kappa shape index (κ2) is 4.82. The van der Waals surface area contributed by atoms with Crippen LogP contribution in [0, 0.1) is 0 Å². The van der Waals surface area contributed by atoms with Crippen LogP contribution in [-0.4, -0.2) is 19.1 Å². The van der Waals surface area contributed by atoms with Crippen LogP contribution in [0.5, 0.6) is 0 Å². The van der Waals surface area contributed by atoms with Gasteiger partial charge in [-0.3, -0.25) is 14.1 Å². The molecule has 0 aliphatic heterocycles. The lowest BCUT2D eigenvalue weighted by Gasteiger charge is -2.01. The van der Waals surface area contributed by atoms with Crippen molar-refractivity contribution in [3.8, 4) is 0 Å². The number of anilines is 1. The minimum atomic E-state index is -0.0227. The zero-order valence-electron chi connectivity index (χ0n) is 9.71. The third kappa shape index (κ3) is 2.52. The summed E-state index contributed by atoms with van der Waals surface area (Å²) >= 11 is 0. The Morgan fingerprint density at radius 1 is 1.24 bits per heavy atom. The van der Waals surface area contributed by atoms with E-state index < -0.39 is 0 Å². The summed E-state index contributed by atoms with van der Waals surface area (Å²) in [4.78, 5) is 19.9. The van der Waals surface area contributed by atoms with Gasteiger partial charge < -0.3 is 5.73 Å². The molecule has 0 unspecified atom stereocenters. The summed E-state index contributed by atoms with van der Waals surface area (Å²) in [5.41, 5.74) is 6.14. The summed E-state index contributed by atoms with van der Waals surface area (Å²) in [6.07, 6.45) is 7.56. The number of hydrogen-bond donors (Lipinski definition) is 1. The van der Waals surface area contributed by atoms with Crippen molar-refractivity contribution >= 4 is 5.82 Å². The molecule has 0 radical (unpaired) electrons. The van der Waals surface area contributed by atoms with Gasteiger partial charge in [-0.2, -0.15) is 0 Å². The van der Waals surface area contributed by atoms with Crippen LogP contribution in [0.15, 0.2) is 29.6 Å². The Hall–Kier alpha value is -2.11. The highest BCUT2D eigenvalue weighted by Gasteiger charge is 2.04. The Morgan fingerprint density at radius 3 is 2.65 bits per heavy atom. The van der Waals surface area contributed by atoms with Crippen LogP contribution in [-0.2, 0) is 13.1 Å². The van der Waals surface area contributed by atoms with E-state index >= 15 is 0 Å². The van der Waals surface area contributed by atoms with Crippen LogP contribution < -0.4 is 11.4 Å². The fourth-order valence-electron chi connectivity index (χ4n) is 1.61. The van der Waals surface area contributed by atoms with Gasteiger partial charge >= 0.3 is 5.69 Å². The van der Waals surface area contributed by atoms with Crippen LogP contribution >= 0.6 is 0 Å². The molecule has 0 atom stereocenters. The average molecular weight is 233 g/mol. The van der Waals surface area contributed by atoms with Crippen molar-refractivity contribution in [3.05, 3.63) is 41.0 Å². The minimum absolute atomic E-state index is 0.0227. The molecule has 6 heteroatoms. The number of aromatic nitrogens is 4. The quantitative estimate of drug-likeness (QED) is 0.833. The van der Waals surface area contributed by atoms with Gasteiger partial charge in [0, 0.05) is 18.9 Å². The van der Waals surface area contributed by atoms with Gasteiger partial charge in [0.25, 0.3) is 0 Å². The lowest BCUT2D eigenvalue weighted by molar-refractivity contribution is 0.620. The number of nitrogens with zero attached hydrogens (tertiary/aromatic N) is 4. The van der Waals surface area contributed by atoms with Crippen LogP contribution in [0.1, 0.15) is 19.0 Å².